The van der Waals surface area contributed by atoms with Crippen LogP contribution in [0.15, 0.2) is 78.9 Å². The summed E-state index contributed by atoms with van der Waals surface area (Å²) in [5, 5.41) is 2.82. The first-order chi connectivity index (χ1) is 14.6. The molecule has 1 unspecified atom stereocenters. The van der Waals surface area contributed by atoms with Gasteiger partial charge in [-0.2, -0.15) is 0 Å². The highest BCUT2D eigenvalue weighted by Gasteiger charge is 2.42. The standard InChI is InChI=1S/C24H20N2O4/c1-30-18-11-7-10-17(15-18)25-22(27)21(14-16-8-3-2-4-9-16)26-23(28)19-12-5-6-13-20(19)24(26)29/h2-13,15,21H,14H2,1H3,(H,25,27). The predicted molar refractivity (Wildman–Crippen MR) is 112 cm³/mol. The molecule has 0 bridgehead atoms. The van der Waals surface area contributed by atoms with Gasteiger partial charge in [0.05, 0.1) is 18.2 Å². The first kappa shape index (κ1) is 19.4. The number of methoxy groups -OCH3 is 1. The van der Waals surface area contributed by atoms with E-state index in [2.05, 4.69) is 5.32 Å². The van der Waals surface area contributed by atoms with E-state index in [0.717, 1.165) is 10.5 Å². The molecule has 6 heteroatoms. The lowest BCUT2D eigenvalue weighted by Gasteiger charge is -2.25. The lowest BCUT2D eigenvalue weighted by Crippen LogP contribution is -2.48. The fourth-order valence-corrected chi connectivity index (χ4v) is 3.56. The van der Waals surface area contributed by atoms with Crippen molar-refractivity contribution in [1.82, 2.24) is 4.90 Å². The number of rotatable bonds is 6. The monoisotopic (exact) mass is 400 g/mol. The van der Waals surface area contributed by atoms with E-state index in [4.69, 9.17) is 4.74 Å². The normalized spacial score (nSPS) is 13.7. The predicted octanol–water partition coefficient (Wildman–Crippen LogP) is 3.54. The molecule has 0 spiro atoms. The Morgan fingerprint density at radius 1 is 0.900 bits per heavy atom. The topological polar surface area (TPSA) is 75.7 Å². The Balaban J connectivity index is 1.67. The quantitative estimate of drug-likeness (QED) is 0.642. The van der Waals surface area contributed by atoms with Gasteiger partial charge in [0.15, 0.2) is 0 Å². The molecule has 0 aliphatic carbocycles. The first-order valence-electron chi connectivity index (χ1n) is 9.54. The molecule has 3 aromatic carbocycles. The van der Waals surface area contributed by atoms with Crippen LogP contribution in [0.25, 0.3) is 0 Å². The Morgan fingerprint density at radius 3 is 2.17 bits per heavy atom. The maximum atomic E-state index is 13.2. The van der Waals surface area contributed by atoms with E-state index >= 15 is 0 Å². The Labute approximate surface area is 174 Å². The summed E-state index contributed by atoms with van der Waals surface area (Å²) in [7, 11) is 1.54. The highest BCUT2D eigenvalue weighted by atomic mass is 16.5. The van der Waals surface area contributed by atoms with Crippen molar-refractivity contribution >= 4 is 23.4 Å². The van der Waals surface area contributed by atoms with Crippen molar-refractivity contribution in [3.8, 4) is 5.75 Å². The summed E-state index contributed by atoms with van der Waals surface area (Å²) < 4.78 is 5.20. The first-order valence-corrected chi connectivity index (χ1v) is 9.54. The lowest BCUT2D eigenvalue weighted by molar-refractivity contribution is -0.119. The van der Waals surface area contributed by atoms with Crippen LogP contribution in [-0.2, 0) is 11.2 Å². The van der Waals surface area contributed by atoms with E-state index in [1.54, 1.807) is 48.5 Å². The second-order valence-electron chi connectivity index (χ2n) is 6.95. The second-order valence-corrected chi connectivity index (χ2v) is 6.95. The van der Waals surface area contributed by atoms with E-state index in [9.17, 15) is 14.4 Å². The number of nitrogens with zero attached hydrogens (tertiary/aromatic N) is 1. The van der Waals surface area contributed by atoms with Gasteiger partial charge in [-0.25, -0.2) is 0 Å². The molecule has 30 heavy (non-hydrogen) atoms. The lowest BCUT2D eigenvalue weighted by atomic mass is 10.0. The number of imide groups is 1. The number of nitrogens with one attached hydrogen (secondary N) is 1. The van der Waals surface area contributed by atoms with Crippen LogP contribution in [-0.4, -0.2) is 35.8 Å². The maximum Gasteiger partial charge on any atom is 0.262 e. The molecule has 1 N–H and O–H groups in total. The number of carbonyl (C=O) groups is 3. The Morgan fingerprint density at radius 2 is 1.53 bits per heavy atom. The third kappa shape index (κ3) is 3.67. The van der Waals surface area contributed by atoms with Crippen molar-refractivity contribution in [2.45, 2.75) is 12.5 Å². The van der Waals surface area contributed by atoms with Crippen LogP contribution < -0.4 is 10.1 Å². The fraction of sp³-hybridized carbons (Fsp3) is 0.125. The van der Waals surface area contributed by atoms with Gasteiger partial charge in [-0.3, -0.25) is 19.3 Å². The van der Waals surface area contributed by atoms with Gasteiger partial charge in [0.1, 0.15) is 11.8 Å². The molecule has 1 heterocycles. The van der Waals surface area contributed by atoms with Gasteiger partial charge in [0, 0.05) is 18.2 Å². The van der Waals surface area contributed by atoms with Crippen molar-refractivity contribution < 1.29 is 19.1 Å². The van der Waals surface area contributed by atoms with E-state index in [1.807, 2.05) is 30.3 Å². The zero-order chi connectivity index (χ0) is 21.1. The average Bonchev–Trinajstić information content (AvgIpc) is 3.03. The molecule has 0 saturated carbocycles. The van der Waals surface area contributed by atoms with Gasteiger partial charge < -0.3 is 10.1 Å². The van der Waals surface area contributed by atoms with E-state index in [0.29, 0.717) is 22.6 Å². The number of ether oxygens (including phenoxy) is 1. The number of hydrogen-bond donors (Lipinski definition) is 1. The summed E-state index contributed by atoms with van der Waals surface area (Å²) in [6.45, 7) is 0. The summed E-state index contributed by atoms with van der Waals surface area (Å²) in [6, 6.07) is 21.9. The number of benzene rings is 3. The smallest absolute Gasteiger partial charge is 0.262 e. The minimum absolute atomic E-state index is 0.210. The summed E-state index contributed by atoms with van der Waals surface area (Å²) >= 11 is 0. The molecule has 4 rings (SSSR count). The minimum Gasteiger partial charge on any atom is -0.497 e. The largest absolute Gasteiger partial charge is 0.497 e. The third-order valence-electron chi connectivity index (χ3n) is 5.05. The van der Waals surface area contributed by atoms with E-state index < -0.39 is 23.8 Å². The number of amides is 3. The van der Waals surface area contributed by atoms with Crippen LogP contribution in [0.1, 0.15) is 26.3 Å². The van der Waals surface area contributed by atoms with Gasteiger partial charge in [0.2, 0.25) is 5.91 Å². The number of hydrogen-bond acceptors (Lipinski definition) is 4. The molecule has 1 aliphatic heterocycles. The molecule has 1 aliphatic rings. The van der Waals surface area contributed by atoms with Crippen LogP contribution >= 0.6 is 0 Å². The van der Waals surface area contributed by atoms with Gasteiger partial charge in [-0.1, -0.05) is 48.5 Å². The molecule has 1 atom stereocenters. The molecule has 0 aromatic heterocycles. The average molecular weight is 400 g/mol. The molecule has 3 amide bonds. The molecule has 0 saturated heterocycles. The second kappa shape index (κ2) is 8.21. The molecule has 150 valence electrons. The SMILES string of the molecule is COc1cccc(NC(=O)C(Cc2ccccc2)N2C(=O)c3ccccc3C2=O)c1. The number of anilines is 1. The van der Waals surface area contributed by atoms with Crippen molar-refractivity contribution in [3.05, 3.63) is 95.6 Å². The maximum absolute atomic E-state index is 13.2. The van der Waals surface area contributed by atoms with Crippen LogP contribution in [0, 0.1) is 0 Å². The summed E-state index contributed by atoms with van der Waals surface area (Å²) in [6.07, 6.45) is 0.210. The highest BCUT2D eigenvalue weighted by Crippen LogP contribution is 2.27. The summed E-state index contributed by atoms with van der Waals surface area (Å²) in [4.78, 5) is 40.3. The fourth-order valence-electron chi connectivity index (χ4n) is 3.56. The molecule has 0 fully saturated rings. The van der Waals surface area contributed by atoms with Crippen LogP contribution in [0.5, 0.6) is 5.75 Å². The molecule has 0 radical (unpaired) electrons. The van der Waals surface area contributed by atoms with Crippen molar-refractivity contribution in [2.75, 3.05) is 12.4 Å². The Kier molecular flexibility index (Phi) is 5.30. The number of fused-ring (bicyclic) bond motifs is 1. The Bertz CT molecular complexity index is 1080. The van der Waals surface area contributed by atoms with Gasteiger partial charge in [-0.05, 0) is 29.8 Å². The zero-order valence-electron chi connectivity index (χ0n) is 16.4. The minimum atomic E-state index is -0.994. The molecule has 6 nitrogen and oxygen atoms in total. The van der Waals surface area contributed by atoms with Crippen LogP contribution in [0.3, 0.4) is 0 Å². The van der Waals surface area contributed by atoms with Crippen LogP contribution in [0.4, 0.5) is 5.69 Å². The highest BCUT2D eigenvalue weighted by molar-refractivity contribution is 6.23. The summed E-state index contributed by atoms with van der Waals surface area (Å²) in [5.74, 6) is -0.774. The van der Waals surface area contributed by atoms with Gasteiger partial charge >= 0.3 is 0 Å². The number of carbonyl (C=O) groups excluding carboxylic acids is 3. The molecule has 3 aromatic rings. The van der Waals surface area contributed by atoms with Crippen molar-refractivity contribution in [2.24, 2.45) is 0 Å². The van der Waals surface area contributed by atoms with Crippen molar-refractivity contribution in [1.29, 1.82) is 0 Å². The Hall–Kier alpha value is -3.93. The molecular weight excluding hydrogens is 380 g/mol. The molecular formula is C24H20N2O4. The van der Waals surface area contributed by atoms with Gasteiger partial charge in [0.25, 0.3) is 11.8 Å². The van der Waals surface area contributed by atoms with Crippen molar-refractivity contribution in [3.63, 3.8) is 0 Å². The van der Waals surface area contributed by atoms with Gasteiger partial charge in [-0.15, -0.1) is 0 Å². The van der Waals surface area contributed by atoms with Crippen LogP contribution in [0.2, 0.25) is 0 Å². The third-order valence-corrected chi connectivity index (χ3v) is 5.05. The zero-order valence-corrected chi connectivity index (χ0v) is 16.4. The van der Waals surface area contributed by atoms with E-state index in [-0.39, 0.29) is 6.42 Å². The van der Waals surface area contributed by atoms with E-state index in [1.165, 1.54) is 7.11 Å². The summed E-state index contributed by atoms with van der Waals surface area (Å²) in [5.41, 5.74) is 2.00.